The van der Waals surface area contributed by atoms with E-state index in [1.54, 1.807) is 30.8 Å². The van der Waals surface area contributed by atoms with Crippen LogP contribution in [0.5, 0.6) is 5.75 Å². The summed E-state index contributed by atoms with van der Waals surface area (Å²) < 4.78 is 10.8. The maximum atomic E-state index is 12.8. The highest BCUT2D eigenvalue weighted by Gasteiger charge is 2.51. The predicted octanol–water partition coefficient (Wildman–Crippen LogP) is 4.05. The molecule has 4 fully saturated rings. The maximum Gasteiger partial charge on any atom is 0.342 e. The number of thioether (sulfide) groups is 1. The first kappa shape index (κ1) is 19.6. The molecule has 4 saturated carbocycles. The van der Waals surface area contributed by atoms with E-state index in [0.717, 1.165) is 41.9 Å². The molecule has 0 aromatic heterocycles. The molecule has 5 rings (SSSR count). The fraction of sp³-hybridized carbons (Fsp3) is 0.636. The Bertz CT molecular complexity index is 743. The first-order chi connectivity index (χ1) is 13.4. The van der Waals surface area contributed by atoms with E-state index in [9.17, 15) is 9.59 Å². The van der Waals surface area contributed by atoms with Crippen LogP contribution in [0.2, 0.25) is 0 Å². The summed E-state index contributed by atoms with van der Waals surface area (Å²) in [4.78, 5) is 26.4. The highest BCUT2D eigenvalue weighted by Crippen LogP contribution is 2.55. The third-order valence-electron chi connectivity index (χ3n) is 6.71. The molecule has 6 heteroatoms. The van der Waals surface area contributed by atoms with Gasteiger partial charge in [0.25, 0.3) is 5.91 Å². The monoisotopic (exact) mass is 403 g/mol. The summed E-state index contributed by atoms with van der Waals surface area (Å²) in [5, 5.41) is 3.28. The van der Waals surface area contributed by atoms with Crippen LogP contribution in [-0.4, -0.2) is 36.9 Å². The Morgan fingerprint density at radius 2 is 1.75 bits per heavy atom. The van der Waals surface area contributed by atoms with Crippen molar-refractivity contribution in [1.82, 2.24) is 5.32 Å². The van der Waals surface area contributed by atoms with E-state index < -0.39 is 12.1 Å². The van der Waals surface area contributed by atoms with Crippen molar-refractivity contribution in [3.05, 3.63) is 23.8 Å². The van der Waals surface area contributed by atoms with Crippen LogP contribution >= 0.6 is 11.8 Å². The van der Waals surface area contributed by atoms with Crippen molar-refractivity contribution in [3.63, 3.8) is 0 Å². The SMILES string of the molecule is COc1cc(SC)ccc1C(=O)O[C@H](C)C(=O)NC12CC3CC(CC(C3)C1)C2. The smallest absolute Gasteiger partial charge is 0.342 e. The quantitative estimate of drug-likeness (QED) is 0.573. The van der Waals surface area contributed by atoms with Crippen LogP contribution in [-0.2, 0) is 9.53 Å². The molecule has 0 spiro atoms. The van der Waals surface area contributed by atoms with Crippen LogP contribution in [0.25, 0.3) is 0 Å². The molecule has 4 bridgehead atoms. The summed E-state index contributed by atoms with van der Waals surface area (Å²) >= 11 is 1.57. The fourth-order valence-corrected chi connectivity index (χ4v) is 6.30. The number of ether oxygens (including phenoxy) is 2. The van der Waals surface area contributed by atoms with Gasteiger partial charge >= 0.3 is 5.97 Å². The Morgan fingerprint density at radius 1 is 1.14 bits per heavy atom. The fourth-order valence-electron chi connectivity index (χ4n) is 5.87. The summed E-state index contributed by atoms with van der Waals surface area (Å²) in [5.74, 6) is 2.01. The van der Waals surface area contributed by atoms with Crippen LogP contribution in [0.3, 0.4) is 0 Å². The summed E-state index contributed by atoms with van der Waals surface area (Å²) in [5.41, 5.74) is 0.263. The number of hydrogen-bond donors (Lipinski definition) is 1. The Kier molecular flexibility index (Phi) is 5.34. The summed E-state index contributed by atoms with van der Waals surface area (Å²) in [6, 6.07) is 5.35. The second-order valence-corrected chi connectivity index (χ2v) is 9.68. The number of nitrogens with one attached hydrogen (secondary N) is 1. The molecule has 1 aromatic carbocycles. The molecule has 0 heterocycles. The van der Waals surface area contributed by atoms with E-state index in [1.165, 1.54) is 26.4 Å². The molecule has 1 amide bonds. The molecule has 5 nitrogen and oxygen atoms in total. The molecule has 1 aromatic rings. The van der Waals surface area contributed by atoms with Crippen molar-refractivity contribution in [3.8, 4) is 5.75 Å². The van der Waals surface area contributed by atoms with Gasteiger partial charge in [0, 0.05) is 10.4 Å². The highest BCUT2D eigenvalue weighted by atomic mass is 32.2. The minimum atomic E-state index is -0.828. The van der Waals surface area contributed by atoms with E-state index >= 15 is 0 Å². The number of carbonyl (C=O) groups is 2. The molecule has 0 saturated heterocycles. The topological polar surface area (TPSA) is 64.6 Å². The van der Waals surface area contributed by atoms with Gasteiger partial charge in [-0.1, -0.05) is 0 Å². The molecule has 0 aliphatic heterocycles. The molecule has 28 heavy (non-hydrogen) atoms. The zero-order valence-electron chi connectivity index (χ0n) is 16.8. The Labute approximate surface area is 170 Å². The normalized spacial score (nSPS) is 31.3. The number of amides is 1. The van der Waals surface area contributed by atoms with Gasteiger partial charge in [-0.2, -0.15) is 0 Å². The van der Waals surface area contributed by atoms with Crippen LogP contribution in [0.4, 0.5) is 0 Å². The van der Waals surface area contributed by atoms with Crippen LogP contribution in [0, 0.1) is 17.8 Å². The first-order valence-electron chi connectivity index (χ1n) is 10.2. The lowest BCUT2D eigenvalue weighted by Crippen LogP contribution is -2.61. The number of rotatable bonds is 6. The van der Waals surface area contributed by atoms with Gasteiger partial charge in [-0.25, -0.2) is 4.79 Å². The molecular weight excluding hydrogens is 374 g/mol. The van der Waals surface area contributed by atoms with Gasteiger partial charge in [-0.3, -0.25) is 4.79 Å². The van der Waals surface area contributed by atoms with Crippen LogP contribution < -0.4 is 10.1 Å². The van der Waals surface area contributed by atoms with Gasteiger partial charge in [0.1, 0.15) is 11.3 Å². The minimum absolute atomic E-state index is 0.0792. The molecule has 4 aliphatic rings. The maximum absolute atomic E-state index is 12.8. The first-order valence-corrected chi connectivity index (χ1v) is 11.4. The van der Waals surface area contributed by atoms with Crippen LogP contribution in [0.1, 0.15) is 55.8 Å². The van der Waals surface area contributed by atoms with Gasteiger partial charge in [-0.05, 0) is 87.7 Å². The largest absolute Gasteiger partial charge is 0.496 e. The number of esters is 1. The van der Waals surface area contributed by atoms with E-state index in [4.69, 9.17) is 9.47 Å². The Hall–Kier alpha value is -1.69. The molecular formula is C22H29NO4S. The molecule has 0 radical (unpaired) electrons. The van der Waals surface area contributed by atoms with Crippen molar-refractivity contribution < 1.29 is 19.1 Å². The standard InChI is InChI=1S/C22H29NO4S/c1-13(27-21(25)18-5-4-17(28-3)9-19(18)26-2)20(24)23-22-10-14-6-15(11-22)8-16(7-14)12-22/h4-5,9,13-16H,6-8,10-12H2,1-3H3,(H,23,24)/t13-,14?,15?,16?,22?/m1/s1. The third kappa shape index (κ3) is 3.76. The van der Waals surface area contributed by atoms with Crippen molar-refractivity contribution in [2.45, 2.75) is 62.0 Å². The van der Waals surface area contributed by atoms with E-state index in [1.807, 2.05) is 12.3 Å². The zero-order valence-corrected chi connectivity index (χ0v) is 17.6. The van der Waals surface area contributed by atoms with E-state index in [0.29, 0.717) is 11.3 Å². The summed E-state index contributed by atoms with van der Waals surface area (Å²) in [6.07, 6.45) is 8.34. The van der Waals surface area contributed by atoms with Gasteiger partial charge in [0.05, 0.1) is 7.11 Å². The second-order valence-electron chi connectivity index (χ2n) is 8.80. The number of benzene rings is 1. The van der Waals surface area contributed by atoms with Crippen LogP contribution in [0.15, 0.2) is 23.1 Å². The van der Waals surface area contributed by atoms with Gasteiger partial charge in [-0.15, -0.1) is 11.8 Å². The predicted molar refractivity (Wildman–Crippen MR) is 109 cm³/mol. The minimum Gasteiger partial charge on any atom is -0.496 e. The highest BCUT2D eigenvalue weighted by molar-refractivity contribution is 7.98. The molecule has 152 valence electrons. The molecule has 4 aliphatic carbocycles. The number of methoxy groups -OCH3 is 1. The second kappa shape index (κ2) is 7.62. The van der Waals surface area contributed by atoms with Crippen molar-refractivity contribution in [2.75, 3.05) is 13.4 Å². The molecule has 1 atom stereocenters. The van der Waals surface area contributed by atoms with Crippen molar-refractivity contribution >= 4 is 23.6 Å². The molecule has 1 N–H and O–H groups in total. The average Bonchev–Trinajstić information content (AvgIpc) is 2.65. The van der Waals surface area contributed by atoms with Gasteiger partial charge < -0.3 is 14.8 Å². The zero-order chi connectivity index (χ0) is 19.9. The van der Waals surface area contributed by atoms with Crippen molar-refractivity contribution in [2.24, 2.45) is 17.8 Å². The van der Waals surface area contributed by atoms with E-state index in [2.05, 4.69) is 5.32 Å². The third-order valence-corrected chi connectivity index (χ3v) is 7.43. The van der Waals surface area contributed by atoms with Gasteiger partial charge in [0.2, 0.25) is 0 Å². The van der Waals surface area contributed by atoms with Crippen molar-refractivity contribution in [1.29, 1.82) is 0 Å². The average molecular weight is 404 g/mol. The summed E-state index contributed by atoms with van der Waals surface area (Å²) in [7, 11) is 1.53. The summed E-state index contributed by atoms with van der Waals surface area (Å²) in [6.45, 7) is 1.65. The lowest BCUT2D eigenvalue weighted by molar-refractivity contribution is -0.134. The number of hydrogen-bond acceptors (Lipinski definition) is 5. The molecule has 0 unspecified atom stereocenters. The Balaban J connectivity index is 1.40. The lowest BCUT2D eigenvalue weighted by atomic mass is 9.53. The Morgan fingerprint density at radius 3 is 2.29 bits per heavy atom. The lowest BCUT2D eigenvalue weighted by Gasteiger charge is -2.57. The number of carbonyl (C=O) groups excluding carboxylic acids is 2. The van der Waals surface area contributed by atoms with Gasteiger partial charge in [0.15, 0.2) is 6.10 Å². The van der Waals surface area contributed by atoms with E-state index in [-0.39, 0.29) is 11.4 Å².